The van der Waals surface area contributed by atoms with Crippen LogP contribution in [0.5, 0.6) is 0 Å². The summed E-state index contributed by atoms with van der Waals surface area (Å²) in [5.74, 6) is 0. The van der Waals surface area contributed by atoms with E-state index in [-0.39, 0.29) is 0 Å². The van der Waals surface area contributed by atoms with Gasteiger partial charge >= 0.3 is 0 Å². The molecule has 0 aromatic carbocycles. The van der Waals surface area contributed by atoms with E-state index in [1.165, 1.54) is 18.7 Å². The summed E-state index contributed by atoms with van der Waals surface area (Å²) >= 11 is 0. The minimum Gasteiger partial charge on any atom is -0.238 e. The molecule has 0 heterocycles. The first-order chi connectivity index (χ1) is 4.22. The van der Waals surface area contributed by atoms with Crippen molar-refractivity contribution >= 4 is 5.71 Å². The van der Waals surface area contributed by atoms with Crippen LogP contribution in [0.3, 0.4) is 0 Å². The Bertz CT molecular complexity index is 99.1. The Morgan fingerprint density at radius 2 is 1.78 bits per heavy atom. The van der Waals surface area contributed by atoms with Gasteiger partial charge in [-0.2, -0.15) is 0 Å². The Morgan fingerprint density at radius 3 is 1.89 bits per heavy atom. The van der Waals surface area contributed by atoms with Crippen LogP contribution < -0.4 is 0 Å². The number of hydrogen-bond acceptors (Lipinski definition) is 0. The predicted octanol–water partition coefficient (Wildman–Crippen LogP) is 1.91. The van der Waals surface area contributed by atoms with Gasteiger partial charge < -0.3 is 0 Å². The predicted molar refractivity (Wildman–Crippen MR) is 42.3 cm³/mol. The maximum atomic E-state index is 2.39. The lowest BCUT2D eigenvalue weighted by molar-refractivity contribution is -0.525. The van der Waals surface area contributed by atoms with Crippen molar-refractivity contribution in [2.75, 3.05) is 13.1 Å². The minimum absolute atomic E-state index is 1.15. The van der Waals surface area contributed by atoms with Crippen molar-refractivity contribution in [3.05, 3.63) is 0 Å². The van der Waals surface area contributed by atoms with Crippen molar-refractivity contribution < 1.29 is 4.58 Å². The van der Waals surface area contributed by atoms with Gasteiger partial charge in [-0.25, -0.2) is 4.58 Å². The zero-order chi connectivity index (χ0) is 7.28. The van der Waals surface area contributed by atoms with Crippen LogP contribution in [0.1, 0.15) is 34.1 Å². The average molecular weight is 128 g/mol. The second kappa shape index (κ2) is 4.54. The van der Waals surface area contributed by atoms with Crippen molar-refractivity contribution in [1.82, 2.24) is 0 Å². The zero-order valence-electron chi connectivity index (χ0n) is 7.07. The first-order valence-electron chi connectivity index (χ1n) is 3.77. The molecular formula is C8H18N+. The Balaban J connectivity index is 3.83. The molecule has 0 atom stereocenters. The van der Waals surface area contributed by atoms with Gasteiger partial charge in [0.15, 0.2) is 0 Å². The summed E-state index contributed by atoms with van der Waals surface area (Å²) in [5.41, 5.74) is 1.43. The van der Waals surface area contributed by atoms with E-state index in [1.807, 2.05) is 0 Å². The molecule has 1 nitrogen and oxygen atoms in total. The summed E-state index contributed by atoms with van der Waals surface area (Å²) in [4.78, 5) is 0. The summed E-state index contributed by atoms with van der Waals surface area (Å²) in [6, 6.07) is 0. The van der Waals surface area contributed by atoms with Crippen molar-refractivity contribution in [2.24, 2.45) is 0 Å². The van der Waals surface area contributed by atoms with Crippen LogP contribution in [-0.2, 0) is 0 Å². The van der Waals surface area contributed by atoms with Crippen molar-refractivity contribution in [3.63, 3.8) is 0 Å². The third kappa shape index (κ3) is 3.28. The van der Waals surface area contributed by atoms with Gasteiger partial charge in [0.2, 0.25) is 0 Å². The lowest BCUT2D eigenvalue weighted by atomic mass is 10.4. The summed E-state index contributed by atoms with van der Waals surface area (Å²) < 4.78 is 2.39. The largest absolute Gasteiger partial charge is 0.238 e. The molecule has 1 heteroatoms. The summed E-state index contributed by atoms with van der Waals surface area (Å²) in [7, 11) is 0. The number of nitrogens with zero attached hydrogens (tertiary/aromatic N) is 1. The van der Waals surface area contributed by atoms with Gasteiger partial charge in [-0.1, -0.05) is 6.92 Å². The molecule has 0 aliphatic heterocycles. The van der Waals surface area contributed by atoms with Gasteiger partial charge in [-0.3, -0.25) is 0 Å². The monoisotopic (exact) mass is 128 g/mol. The Hall–Kier alpha value is -0.330. The topological polar surface area (TPSA) is 3.01 Å². The average Bonchev–Trinajstić information content (AvgIpc) is 1.82. The fourth-order valence-electron chi connectivity index (χ4n) is 0.968. The molecule has 0 amide bonds. The summed E-state index contributed by atoms with van der Waals surface area (Å²) in [5, 5.41) is 0. The molecule has 0 fully saturated rings. The maximum Gasteiger partial charge on any atom is 0.146 e. The van der Waals surface area contributed by atoms with E-state index in [0.717, 1.165) is 6.54 Å². The highest BCUT2D eigenvalue weighted by Gasteiger charge is 1.98. The normalized spacial score (nSPS) is 9.33. The molecule has 54 valence electrons. The first kappa shape index (κ1) is 8.67. The SMILES string of the molecule is CCC[N+](CC)=C(C)C. The van der Waals surface area contributed by atoms with E-state index >= 15 is 0 Å². The Kier molecular flexibility index (Phi) is 4.37. The standard InChI is InChI=1S/C8H18N/c1-5-7-9(6-2)8(3)4/h5-7H2,1-4H3/q+1. The molecule has 0 saturated heterocycles. The van der Waals surface area contributed by atoms with Crippen molar-refractivity contribution in [2.45, 2.75) is 34.1 Å². The summed E-state index contributed by atoms with van der Waals surface area (Å²) in [6.07, 6.45) is 1.25. The summed E-state index contributed by atoms with van der Waals surface area (Å²) in [6.45, 7) is 11.1. The van der Waals surface area contributed by atoms with Crippen LogP contribution in [0.25, 0.3) is 0 Å². The molecule has 0 radical (unpaired) electrons. The van der Waals surface area contributed by atoms with E-state index in [0.29, 0.717) is 0 Å². The minimum atomic E-state index is 1.15. The van der Waals surface area contributed by atoms with Crippen molar-refractivity contribution in [1.29, 1.82) is 0 Å². The lowest BCUT2D eigenvalue weighted by Gasteiger charge is -1.99. The number of rotatable bonds is 3. The Labute approximate surface area is 58.4 Å². The van der Waals surface area contributed by atoms with E-state index in [9.17, 15) is 0 Å². The fourth-order valence-corrected chi connectivity index (χ4v) is 0.968. The van der Waals surface area contributed by atoms with E-state index in [1.54, 1.807) is 0 Å². The van der Waals surface area contributed by atoms with Crippen LogP contribution in [0.15, 0.2) is 0 Å². The molecular weight excluding hydrogens is 110 g/mol. The molecule has 0 aromatic heterocycles. The third-order valence-corrected chi connectivity index (χ3v) is 1.51. The molecule has 0 N–H and O–H groups in total. The molecule has 0 saturated carbocycles. The van der Waals surface area contributed by atoms with Gasteiger partial charge in [0.1, 0.15) is 18.8 Å². The van der Waals surface area contributed by atoms with Gasteiger partial charge in [0, 0.05) is 20.3 Å². The van der Waals surface area contributed by atoms with Crippen LogP contribution in [0.2, 0.25) is 0 Å². The fraction of sp³-hybridized carbons (Fsp3) is 0.875. The van der Waals surface area contributed by atoms with Crippen molar-refractivity contribution in [3.8, 4) is 0 Å². The molecule has 0 bridgehead atoms. The maximum absolute atomic E-state index is 2.39. The lowest BCUT2D eigenvalue weighted by Crippen LogP contribution is -2.17. The van der Waals surface area contributed by atoms with E-state index < -0.39 is 0 Å². The highest BCUT2D eigenvalue weighted by Crippen LogP contribution is 1.83. The first-order valence-corrected chi connectivity index (χ1v) is 3.77. The Morgan fingerprint density at radius 1 is 1.22 bits per heavy atom. The quantitative estimate of drug-likeness (QED) is 0.403. The zero-order valence-corrected chi connectivity index (χ0v) is 7.07. The molecule has 0 spiro atoms. The van der Waals surface area contributed by atoms with Crippen LogP contribution >= 0.6 is 0 Å². The van der Waals surface area contributed by atoms with Gasteiger partial charge in [-0.05, 0) is 6.92 Å². The second-order valence-electron chi connectivity index (χ2n) is 2.53. The molecule has 0 aliphatic rings. The molecule has 0 rings (SSSR count). The smallest absolute Gasteiger partial charge is 0.146 e. The van der Waals surface area contributed by atoms with Crippen LogP contribution in [0.4, 0.5) is 0 Å². The van der Waals surface area contributed by atoms with Gasteiger partial charge in [0.05, 0.1) is 0 Å². The van der Waals surface area contributed by atoms with E-state index in [2.05, 4.69) is 32.3 Å². The highest BCUT2D eigenvalue weighted by atomic mass is 15.0. The van der Waals surface area contributed by atoms with Gasteiger partial charge in [0.25, 0.3) is 0 Å². The molecule has 0 unspecified atom stereocenters. The molecule has 9 heavy (non-hydrogen) atoms. The third-order valence-electron chi connectivity index (χ3n) is 1.51. The van der Waals surface area contributed by atoms with Crippen LogP contribution in [0, 0.1) is 0 Å². The number of hydrogen-bond donors (Lipinski definition) is 0. The highest BCUT2D eigenvalue weighted by molar-refractivity contribution is 5.73. The van der Waals surface area contributed by atoms with Gasteiger partial charge in [-0.15, -0.1) is 0 Å². The molecule has 0 aromatic rings. The van der Waals surface area contributed by atoms with E-state index in [4.69, 9.17) is 0 Å². The van der Waals surface area contributed by atoms with Crippen LogP contribution in [-0.4, -0.2) is 23.4 Å². The molecule has 0 aliphatic carbocycles. The second-order valence-corrected chi connectivity index (χ2v) is 2.53.